The van der Waals surface area contributed by atoms with Crippen LogP contribution in [0.3, 0.4) is 0 Å². The maximum atomic E-state index is 14.3. The number of benzene rings is 4. The number of carbonyl (C=O) groups is 2. The number of nitrogens with zero attached hydrogens (tertiary/aromatic N) is 2. The van der Waals surface area contributed by atoms with Crippen LogP contribution in [0.25, 0.3) is 0 Å². The first-order valence-corrected chi connectivity index (χ1v) is 15.9. The molecule has 0 aliphatic rings. The van der Waals surface area contributed by atoms with Crippen LogP contribution >= 0.6 is 34.8 Å². The van der Waals surface area contributed by atoms with Gasteiger partial charge in [0.25, 0.3) is 10.0 Å². The van der Waals surface area contributed by atoms with Gasteiger partial charge in [-0.1, -0.05) is 95.5 Å². The van der Waals surface area contributed by atoms with Crippen LogP contribution in [0.5, 0.6) is 0 Å². The van der Waals surface area contributed by atoms with Crippen molar-refractivity contribution in [3.63, 3.8) is 0 Å². The number of amides is 2. The summed E-state index contributed by atoms with van der Waals surface area (Å²) < 4.78 is 29.0. The Morgan fingerprint density at radius 3 is 2.05 bits per heavy atom. The quantitative estimate of drug-likeness (QED) is 0.198. The number of rotatable bonds is 11. The molecule has 4 aromatic rings. The molecule has 0 unspecified atom stereocenters. The van der Waals surface area contributed by atoms with E-state index in [2.05, 4.69) is 5.32 Å². The van der Waals surface area contributed by atoms with Gasteiger partial charge >= 0.3 is 0 Å². The number of anilines is 1. The standard InChI is InChI=1S/C32H30Cl3N3O4S/c1-22-13-15-25(19-28(22)34)38(43(41,42)26-11-7-4-8-12-26)21-31(39)37(20-24-14-16-27(33)29(35)17-24)30(32(40)36-2)18-23-9-5-3-6-10-23/h3-17,19,30H,18,20-21H2,1-2H3,(H,36,40)/t30-/m0/s1. The van der Waals surface area contributed by atoms with E-state index in [-0.39, 0.29) is 28.6 Å². The van der Waals surface area contributed by atoms with E-state index < -0.39 is 34.4 Å². The molecule has 2 amide bonds. The van der Waals surface area contributed by atoms with Crippen LogP contribution in [0.4, 0.5) is 5.69 Å². The molecule has 0 radical (unpaired) electrons. The Morgan fingerprint density at radius 1 is 0.791 bits per heavy atom. The molecular weight excluding hydrogens is 629 g/mol. The second-order valence-electron chi connectivity index (χ2n) is 9.85. The molecule has 43 heavy (non-hydrogen) atoms. The summed E-state index contributed by atoms with van der Waals surface area (Å²) in [5.74, 6) is -1.01. The van der Waals surface area contributed by atoms with Crippen molar-refractivity contribution in [2.45, 2.75) is 30.8 Å². The van der Waals surface area contributed by atoms with Crippen LogP contribution in [-0.4, -0.2) is 44.8 Å². The van der Waals surface area contributed by atoms with Gasteiger partial charge in [0.2, 0.25) is 11.8 Å². The SMILES string of the molecule is CNC(=O)[C@H](Cc1ccccc1)N(Cc1ccc(Cl)c(Cl)c1)C(=O)CN(c1ccc(C)c(Cl)c1)S(=O)(=O)c1ccccc1. The van der Waals surface area contributed by atoms with Crippen LogP contribution in [-0.2, 0) is 32.6 Å². The smallest absolute Gasteiger partial charge is 0.264 e. The molecule has 0 aliphatic heterocycles. The number of halogens is 3. The number of nitrogens with one attached hydrogen (secondary N) is 1. The van der Waals surface area contributed by atoms with Crippen molar-refractivity contribution in [2.75, 3.05) is 17.9 Å². The molecule has 0 heterocycles. The molecule has 224 valence electrons. The van der Waals surface area contributed by atoms with Crippen molar-refractivity contribution in [3.05, 3.63) is 129 Å². The highest BCUT2D eigenvalue weighted by Crippen LogP contribution is 2.29. The van der Waals surface area contributed by atoms with E-state index >= 15 is 0 Å². The Bertz CT molecular complexity index is 1700. The molecule has 0 aromatic heterocycles. The Labute approximate surface area is 267 Å². The number of sulfonamides is 1. The number of likely N-dealkylation sites (N-methyl/N-ethyl adjacent to an activating group) is 1. The molecule has 0 bridgehead atoms. The Balaban J connectivity index is 1.81. The van der Waals surface area contributed by atoms with E-state index in [9.17, 15) is 18.0 Å². The largest absolute Gasteiger partial charge is 0.357 e. The molecule has 4 aromatic carbocycles. The predicted octanol–water partition coefficient (Wildman–Crippen LogP) is 6.54. The number of carbonyl (C=O) groups excluding carboxylic acids is 2. The van der Waals surface area contributed by atoms with Crippen LogP contribution in [0.2, 0.25) is 15.1 Å². The van der Waals surface area contributed by atoms with Crippen LogP contribution < -0.4 is 9.62 Å². The van der Waals surface area contributed by atoms with Crippen molar-refractivity contribution in [3.8, 4) is 0 Å². The zero-order chi connectivity index (χ0) is 31.1. The molecule has 0 fully saturated rings. The van der Waals surface area contributed by atoms with E-state index in [1.165, 1.54) is 30.1 Å². The topological polar surface area (TPSA) is 86.8 Å². The molecule has 0 saturated carbocycles. The summed E-state index contributed by atoms with van der Waals surface area (Å²) in [6.45, 7) is 1.17. The summed E-state index contributed by atoms with van der Waals surface area (Å²) >= 11 is 18.8. The van der Waals surface area contributed by atoms with Crippen molar-refractivity contribution in [1.29, 1.82) is 0 Å². The molecule has 0 aliphatic carbocycles. The number of aryl methyl sites for hydroxylation is 1. The third-order valence-electron chi connectivity index (χ3n) is 6.91. The van der Waals surface area contributed by atoms with E-state index in [4.69, 9.17) is 34.8 Å². The summed E-state index contributed by atoms with van der Waals surface area (Å²) in [5, 5.41) is 3.62. The third kappa shape index (κ3) is 7.89. The minimum Gasteiger partial charge on any atom is -0.357 e. The minimum atomic E-state index is -4.22. The molecule has 0 saturated heterocycles. The van der Waals surface area contributed by atoms with Crippen LogP contribution in [0.1, 0.15) is 16.7 Å². The fraction of sp³-hybridized carbons (Fsp3) is 0.188. The summed E-state index contributed by atoms with van der Waals surface area (Å²) in [7, 11) is -2.73. The first-order chi connectivity index (χ1) is 20.5. The van der Waals surface area contributed by atoms with Gasteiger partial charge in [-0.3, -0.25) is 13.9 Å². The molecular formula is C32H30Cl3N3O4S. The van der Waals surface area contributed by atoms with E-state index in [1.807, 2.05) is 30.3 Å². The monoisotopic (exact) mass is 657 g/mol. The normalized spacial score (nSPS) is 11.9. The second kappa shape index (κ2) is 14.3. The van der Waals surface area contributed by atoms with Gasteiger partial charge in [0, 0.05) is 25.0 Å². The molecule has 1 N–H and O–H groups in total. The zero-order valence-corrected chi connectivity index (χ0v) is 26.6. The predicted molar refractivity (Wildman–Crippen MR) is 172 cm³/mol. The average molecular weight is 659 g/mol. The van der Waals surface area contributed by atoms with Gasteiger partial charge in [0.15, 0.2) is 0 Å². The fourth-order valence-electron chi connectivity index (χ4n) is 4.54. The van der Waals surface area contributed by atoms with Crippen molar-refractivity contribution in [2.24, 2.45) is 0 Å². The maximum absolute atomic E-state index is 14.3. The lowest BCUT2D eigenvalue weighted by Crippen LogP contribution is -2.53. The van der Waals surface area contributed by atoms with Gasteiger partial charge in [-0.2, -0.15) is 0 Å². The first kappa shape index (κ1) is 32.4. The lowest BCUT2D eigenvalue weighted by molar-refractivity contribution is -0.139. The van der Waals surface area contributed by atoms with Gasteiger partial charge in [-0.25, -0.2) is 8.42 Å². The van der Waals surface area contributed by atoms with Gasteiger partial charge in [-0.05, 0) is 60.0 Å². The summed E-state index contributed by atoms with van der Waals surface area (Å²) in [6, 6.07) is 25.8. The Hall–Kier alpha value is -3.56. The Kier molecular flexibility index (Phi) is 10.7. The molecule has 7 nitrogen and oxygen atoms in total. The molecule has 0 spiro atoms. The van der Waals surface area contributed by atoms with Crippen LogP contribution in [0.15, 0.2) is 102 Å². The van der Waals surface area contributed by atoms with E-state index in [0.717, 1.165) is 15.4 Å². The zero-order valence-electron chi connectivity index (χ0n) is 23.5. The highest BCUT2D eigenvalue weighted by atomic mass is 35.5. The van der Waals surface area contributed by atoms with Gasteiger partial charge < -0.3 is 10.2 Å². The highest BCUT2D eigenvalue weighted by molar-refractivity contribution is 7.92. The summed E-state index contributed by atoms with van der Waals surface area (Å²) in [5.41, 5.74) is 2.39. The van der Waals surface area contributed by atoms with Crippen molar-refractivity contribution >= 4 is 62.3 Å². The van der Waals surface area contributed by atoms with Gasteiger partial charge in [-0.15, -0.1) is 0 Å². The van der Waals surface area contributed by atoms with Crippen molar-refractivity contribution in [1.82, 2.24) is 10.2 Å². The number of hydrogen-bond donors (Lipinski definition) is 1. The second-order valence-corrected chi connectivity index (χ2v) is 12.9. The van der Waals surface area contributed by atoms with Crippen LogP contribution in [0, 0.1) is 6.92 Å². The molecule has 1 atom stereocenters. The lowest BCUT2D eigenvalue weighted by atomic mass is 10.0. The van der Waals surface area contributed by atoms with E-state index in [1.54, 1.807) is 55.5 Å². The molecule has 4 rings (SSSR count). The first-order valence-electron chi connectivity index (χ1n) is 13.3. The van der Waals surface area contributed by atoms with Gasteiger partial charge in [0.1, 0.15) is 12.6 Å². The summed E-state index contributed by atoms with van der Waals surface area (Å²) in [6.07, 6.45) is 0.190. The molecule has 11 heteroatoms. The van der Waals surface area contributed by atoms with E-state index in [0.29, 0.717) is 15.6 Å². The minimum absolute atomic E-state index is 0.00247. The highest BCUT2D eigenvalue weighted by Gasteiger charge is 2.34. The summed E-state index contributed by atoms with van der Waals surface area (Å²) in [4.78, 5) is 29.0. The fourth-order valence-corrected chi connectivity index (χ4v) is 6.46. The van der Waals surface area contributed by atoms with Gasteiger partial charge in [0.05, 0.1) is 20.6 Å². The lowest BCUT2D eigenvalue weighted by Gasteiger charge is -2.33. The number of hydrogen-bond acceptors (Lipinski definition) is 4. The third-order valence-corrected chi connectivity index (χ3v) is 9.84. The van der Waals surface area contributed by atoms with Crippen molar-refractivity contribution < 1.29 is 18.0 Å². The Morgan fingerprint density at radius 2 is 1.44 bits per heavy atom. The maximum Gasteiger partial charge on any atom is 0.264 e. The average Bonchev–Trinajstić information content (AvgIpc) is 3.01.